The first kappa shape index (κ1) is 17.4. The fourth-order valence-electron chi connectivity index (χ4n) is 2.49. The second-order valence-corrected chi connectivity index (χ2v) is 9.03. The minimum atomic E-state index is -2.14. The molecule has 0 spiro atoms. The Hall–Kier alpha value is -0.620. The molecule has 0 aromatic heterocycles. The summed E-state index contributed by atoms with van der Waals surface area (Å²) in [4.78, 5) is 0. The molecule has 114 valence electrons. The van der Waals surface area contributed by atoms with Gasteiger partial charge in [-0.25, -0.2) is 4.39 Å². The van der Waals surface area contributed by atoms with Gasteiger partial charge >= 0.3 is 0 Å². The lowest BCUT2D eigenvalue weighted by molar-refractivity contribution is 0.566. The van der Waals surface area contributed by atoms with Crippen molar-refractivity contribution in [2.45, 2.75) is 58.5 Å². The van der Waals surface area contributed by atoms with Crippen molar-refractivity contribution >= 4 is 7.14 Å². The molecule has 0 saturated heterocycles. The van der Waals surface area contributed by atoms with Crippen LogP contribution in [0, 0.1) is 5.82 Å². The predicted octanol–water partition coefficient (Wildman–Crippen LogP) is 6.07. The summed E-state index contributed by atoms with van der Waals surface area (Å²) in [5.74, 6) is -0.222. The molecule has 1 aromatic carbocycles. The smallest absolute Gasteiger partial charge is 0.123 e. The number of halogens is 1. The van der Waals surface area contributed by atoms with Gasteiger partial charge in [0.05, 0.1) is 7.14 Å². The molecule has 0 N–H and O–H groups in total. The number of hydrogen-bond acceptors (Lipinski definition) is 1. The van der Waals surface area contributed by atoms with Crippen molar-refractivity contribution < 1.29 is 8.96 Å². The van der Waals surface area contributed by atoms with Gasteiger partial charge in [0.2, 0.25) is 0 Å². The maximum Gasteiger partial charge on any atom is 0.123 e. The highest BCUT2D eigenvalue weighted by Crippen LogP contribution is 2.50. The third kappa shape index (κ3) is 6.70. The van der Waals surface area contributed by atoms with E-state index in [9.17, 15) is 8.96 Å². The van der Waals surface area contributed by atoms with Crippen LogP contribution in [-0.2, 0) is 10.7 Å². The maximum absolute atomic E-state index is 13.1. The molecule has 1 nitrogen and oxygen atoms in total. The van der Waals surface area contributed by atoms with Crippen LogP contribution < -0.4 is 0 Å². The molecule has 0 aliphatic rings. The summed E-state index contributed by atoms with van der Waals surface area (Å²) in [6.07, 6.45) is 9.08. The Kier molecular flexibility index (Phi) is 8.14. The minimum Gasteiger partial charge on any atom is -0.323 e. The molecule has 0 aliphatic heterocycles. The van der Waals surface area contributed by atoms with Crippen molar-refractivity contribution in [3.8, 4) is 0 Å². The van der Waals surface area contributed by atoms with Crippen molar-refractivity contribution in [1.29, 1.82) is 0 Å². The minimum absolute atomic E-state index is 0.222. The van der Waals surface area contributed by atoms with Crippen LogP contribution >= 0.6 is 7.14 Å². The van der Waals surface area contributed by atoms with Gasteiger partial charge < -0.3 is 4.57 Å². The highest BCUT2D eigenvalue weighted by atomic mass is 31.2. The number of rotatable bonds is 10. The van der Waals surface area contributed by atoms with E-state index >= 15 is 0 Å². The largest absolute Gasteiger partial charge is 0.323 e. The molecule has 0 saturated carbocycles. The van der Waals surface area contributed by atoms with Crippen LogP contribution in [0.25, 0.3) is 0 Å². The fraction of sp³-hybridized carbons (Fsp3) is 0.647. The highest BCUT2D eigenvalue weighted by Gasteiger charge is 2.21. The summed E-state index contributed by atoms with van der Waals surface area (Å²) in [5, 5.41) is 0. The Morgan fingerprint density at radius 3 is 1.85 bits per heavy atom. The van der Waals surface area contributed by atoms with Crippen LogP contribution in [0.5, 0.6) is 0 Å². The maximum atomic E-state index is 13.1. The molecule has 0 radical (unpaired) electrons. The molecule has 20 heavy (non-hydrogen) atoms. The van der Waals surface area contributed by atoms with E-state index < -0.39 is 7.14 Å². The van der Waals surface area contributed by atoms with E-state index in [0.29, 0.717) is 6.16 Å². The van der Waals surface area contributed by atoms with Gasteiger partial charge in [0.1, 0.15) is 5.82 Å². The van der Waals surface area contributed by atoms with Crippen LogP contribution in [0.15, 0.2) is 24.3 Å². The van der Waals surface area contributed by atoms with Crippen LogP contribution in [-0.4, -0.2) is 12.3 Å². The molecule has 0 unspecified atom stereocenters. The van der Waals surface area contributed by atoms with Gasteiger partial charge in [0.15, 0.2) is 0 Å². The third-order valence-electron chi connectivity index (χ3n) is 3.72. The average Bonchev–Trinajstić information content (AvgIpc) is 2.42. The van der Waals surface area contributed by atoms with E-state index in [1.807, 2.05) is 0 Å². The van der Waals surface area contributed by atoms with E-state index in [0.717, 1.165) is 56.4 Å². The highest BCUT2D eigenvalue weighted by molar-refractivity contribution is 7.63. The van der Waals surface area contributed by atoms with Crippen LogP contribution in [0.1, 0.15) is 57.9 Å². The molecule has 3 heteroatoms. The average molecular weight is 298 g/mol. The van der Waals surface area contributed by atoms with Gasteiger partial charge in [0, 0.05) is 18.5 Å². The van der Waals surface area contributed by atoms with E-state index in [-0.39, 0.29) is 5.82 Å². The standard InChI is InChI=1S/C17H28FOP/c1-3-5-7-13-20(19,14-8-6-4-2)15-16-9-11-17(18)12-10-16/h9-12H,3-8,13-15H2,1-2H3. The monoisotopic (exact) mass is 298 g/mol. The second kappa shape index (κ2) is 9.34. The molecule has 0 bridgehead atoms. The number of hydrogen-bond donors (Lipinski definition) is 0. The van der Waals surface area contributed by atoms with Crippen molar-refractivity contribution in [3.05, 3.63) is 35.6 Å². The third-order valence-corrected chi connectivity index (χ3v) is 6.93. The summed E-state index contributed by atoms with van der Waals surface area (Å²) >= 11 is 0. The van der Waals surface area contributed by atoms with E-state index in [1.54, 1.807) is 12.1 Å². The zero-order valence-electron chi connectivity index (χ0n) is 12.9. The van der Waals surface area contributed by atoms with Crippen LogP contribution in [0.2, 0.25) is 0 Å². The second-order valence-electron chi connectivity index (χ2n) is 5.70. The topological polar surface area (TPSA) is 17.1 Å². The van der Waals surface area contributed by atoms with Gasteiger partial charge in [-0.15, -0.1) is 0 Å². The zero-order chi connectivity index (χ0) is 14.8. The van der Waals surface area contributed by atoms with E-state index in [4.69, 9.17) is 0 Å². The van der Waals surface area contributed by atoms with E-state index in [1.165, 1.54) is 12.1 Å². The quantitative estimate of drug-likeness (QED) is 0.378. The first-order chi connectivity index (χ1) is 9.59. The molecule has 0 fully saturated rings. The lowest BCUT2D eigenvalue weighted by atomic mass is 10.2. The summed E-state index contributed by atoms with van der Waals surface area (Å²) in [6, 6.07) is 6.50. The Bertz CT molecular complexity index is 400. The van der Waals surface area contributed by atoms with E-state index in [2.05, 4.69) is 13.8 Å². The summed E-state index contributed by atoms with van der Waals surface area (Å²) in [6.45, 7) is 4.34. The van der Waals surface area contributed by atoms with Crippen LogP contribution in [0.4, 0.5) is 4.39 Å². The van der Waals surface area contributed by atoms with Crippen molar-refractivity contribution in [2.75, 3.05) is 12.3 Å². The molecule has 1 aromatic rings. The van der Waals surface area contributed by atoms with Crippen molar-refractivity contribution in [3.63, 3.8) is 0 Å². The predicted molar refractivity (Wildman–Crippen MR) is 86.5 cm³/mol. The summed E-state index contributed by atoms with van der Waals surface area (Å²) < 4.78 is 26.1. The fourth-order valence-corrected chi connectivity index (χ4v) is 5.51. The molecule has 0 aliphatic carbocycles. The molecule has 0 heterocycles. The van der Waals surface area contributed by atoms with Crippen LogP contribution in [0.3, 0.4) is 0 Å². The van der Waals surface area contributed by atoms with Crippen molar-refractivity contribution in [2.24, 2.45) is 0 Å². The molecule has 1 rings (SSSR count). The Balaban J connectivity index is 2.64. The lowest BCUT2D eigenvalue weighted by Gasteiger charge is -2.18. The summed E-state index contributed by atoms with van der Waals surface area (Å²) in [7, 11) is -2.14. The normalized spacial score (nSPS) is 11.8. The number of unbranched alkanes of at least 4 members (excludes halogenated alkanes) is 4. The van der Waals surface area contributed by atoms with Gasteiger partial charge in [-0.3, -0.25) is 0 Å². The Morgan fingerprint density at radius 1 is 0.900 bits per heavy atom. The molecular formula is C17H28FOP. The molecule has 0 atom stereocenters. The number of benzene rings is 1. The van der Waals surface area contributed by atoms with Gasteiger partial charge in [0.25, 0.3) is 0 Å². The molecule has 0 amide bonds. The SMILES string of the molecule is CCCCCP(=O)(CCCCC)Cc1ccc(F)cc1. The Labute approximate surface area is 123 Å². The first-order valence-corrected chi connectivity index (χ1v) is 10.2. The molecular weight excluding hydrogens is 270 g/mol. The summed E-state index contributed by atoms with van der Waals surface area (Å²) in [5.41, 5.74) is 1.02. The first-order valence-electron chi connectivity index (χ1n) is 7.91. The lowest BCUT2D eigenvalue weighted by Crippen LogP contribution is -2.00. The van der Waals surface area contributed by atoms with Gasteiger partial charge in [-0.2, -0.15) is 0 Å². The van der Waals surface area contributed by atoms with Gasteiger partial charge in [-0.05, 0) is 30.5 Å². The zero-order valence-corrected chi connectivity index (χ0v) is 13.8. The van der Waals surface area contributed by atoms with Gasteiger partial charge in [-0.1, -0.05) is 51.7 Å². The van der Waals surface area contributed by atoms with Crippen molar-refractivity contribution in [1.82, 2.24) is 0 Å². The Morgan fingerprint density at radius 2 is 1.40 bits per heavy atom.